The van der Waals surface area contributed by atoms with E-state index in [0.29, 0.717) is 11.8 Å². The van der Waals surface area contributed by atoms with Gasteiger partial charge in [0.05, 0.1) is 17.2 Å². The average molecular weight is 398 g/mol. The monoisotopic (exact) mass is 397 g/mol. The number of H-pyrrole nitrogens is 1. The quantitative estimate of drug-likeness (QED) is 0.685. The molecule has 0 atom stereocenters. The summed E-state index contributed by atoms with van der Waals surface area (Å²) in [5, 5.41) is 9.10. The fourth-order valence-corrected chi connectivity index (χ4v) is 4.09. The van der Waals surface area contributed by atoms with Gasteiger partial charge in [0.2, 0.25) is 0 Å². The van der Waals surface area contributed by atoms with E-state index in [4.69, 9.17) is 9.84 Å². The Labute approximate surface area is 167 Å². The van der Waals surface area contributed by atoms with Gasteiger partial charge >= 0.3 is 6.01 Å². The van der Waals surface area contributed by atoms with Crippen molar-refractivity contribution in [1.82, 2.24) is 19.9 Å². The van der Waals surface area contributed by atoms with Crippen molar-refractivity contribution in [2.75, 3.05) is 0 Å². The molecule has 1 fully saturated rings. The summed E-state index contributed by atoms with van der Waals surface area (Å²) in [6.07, 6.45) is 11.4. The van der Waals surface area contributed by atoms with E-state index in [0.717, 1.165) is 39.3 Å². The van der Waals surface area contributed by atoms with Crippen LogP contribution in [0.4, 0.5) is 5.82 Å². The minimum atomic E-state index is -0.0270. The standard InChI is InChI=1S/C20H23N5O2S/c1-13-9-22-19(27-15-5-3-2-4-6-15)25-18(13)16-11-23-20(28-16)24-17-8-7-14(12-26)10-21-17/h7-11,15,26H,2-6,12H2,1H3,(H,21,23,24). The van der Waals surface area contributed by atoms with Crippen LogP contribution in [0.3, 0.4) is 0 Å². The molecular formula is C20H23N5O2S. The zero-order valence-electron chi connectivity index (χ0n) is 15.8. The lowest BCUT2D eigenvalue weighted by Gasteiger charge is -2.21. The highest BCUT2D eigenvalue weighted by atomic mass is 32.1. The molecule has 8 heteroatoms. The number of nitrogens with one attached hydrogen (secondary N) is 1. The lowest BCUT2D eigenvalue weighted by molar-refractivity contribution is 0.142. The lowest BCUT2D eigenvalue weighted by Crippen LogP contribution is -2.20. The van der Waals surface area contributed by atoms with Crippen molar-refractivity contribution in [1.29, 1.82) is 0 Å². The maximum Gasteiger partial charge on any atom is 0.317 e. The number of aliphatic hydroxyl groups is 1. The third-order valence-electron chi connectivity index (χ3n) is 4.75. The average Bonchev–Trinajstić information content (AvgIpc) is 3.19. The Bertz CT molecular complexity index is 990. The van der Waals surface area contributed by atoms with Crippen molar-refractivity contribution in [3.63, 3.8) is 0 Å². The molecule has 3 heterocycles. The van der Waals surface area contributed by atoms with Crippen molar-refractivity contribution in [2.45, 2.75) is 51.7 Å². The number of rotatable bonds is 5. The van der Waals surface area contributed by atoms with Crippen molar-refractivity contribution >= 4 is 17.2 Å². The predicted octanol–water partition coefficient (Wildman–Crippen LogP) is 3.67. The molecule has 0 spiro atoms. The highest BCUT2D eigenvalue weighted by molar-refractivity contribution is 7.12. The van der Waals surface area contributed by atoms with E-state index in [1.165, 1.54) is 30.6 Å². The molecule has 4 rings (SSSR count). The maximum atomic E-state index is 9.10. The first-order valence-corrected chi connectivity index (χ1v) is 10.3. The van der Waals surface area contributed by atoms with Crippen molar-refractivity contribution in [3.8, 4) is 16.6 Å². The highest BCUT2D eigenvalue weighted by Gasteiger charge is 2.17. The molecule has 3 aromatic rings. The number of ether oxygens (including phenoxy) is 1. The van der Waals surface area contributed by atoms with Gasteiger partial charge in [-0.25, -0.2) is 15.0 Å². The van der Waals surface area contributed by atoms with Gasteiger partial charge in [-0.05, 0) is 49.8 Å². The Morgan fingerprint density at radius 3 is 2.82 bits per heavy atom. The van der Waals surface area contributed by atoms with E-state index >= 15 is 0 Å². The molecule has 0 unspecified atom stereocenters. The van der Waals surface area contributed by atoms with Crippen LogP contribution >= 0.6 is 11.3 Å². The number of aliphatic hydroxyl groups excluding tert-OH is 1. The second-order valence-corrected chi connectivity index (χ2v) is 7.95. The Morgan fingerprint density at radius 1 is 1.21 bits per heavy atom. The minimum absolute atomic E-state index is 0.0270. The largest absolute Gasteiger partial charge is 0.460 e. The molecule has 0 saturated heterocycles. The second kappa shape index (κ2) is 8.62. The van der Waals surface area contributed by atoms with Crippen LogP contribution in [0.1, 0.15) is 43.2 Å². The smallest absolute Gasteiger partial charge is 0.317 e. The second-order valence-electron chi connectivity index (χ2n) is 6.92. The molecule has 1 aliphatic rings. The van der Waals surface area contributed by atoms with E-state index in [1.54, 1.807) is 12.3 Å². The van der Waals surface area contributed by atoms with Gasteiger partial charge in [-0.1, -0.05) is 23.8 Å². The third kappa shape index (κ3) is 4.45. The first kappa shape index (κ1) is 18.8. The number of nitrogens with zero attached hydrogens (tertiary/aromatic N) is 4. The fraction of sp³-hybridized carbons (Fsp3) is 0.400. The molecule has 0 bridgehead atoms. The zero-order valence-corrected chi connectivity index (χ0v) is 16.6. The van der Waals surface area contributed by atoms with Crippen LogP contribution in [0.2, 0.25) is 0 Å². The summed E-state index contributed by atoms with van der Waals surface area (Å²) < 4.78 is 6.02. The normalized spacial score (nSPS) is 15.7. The third-order valence-corrected chi connectivity index (χ3v) is 5.68. The zero-order chi connectivity index (χ0) is 19.3. The molecule has 1 aliphatic carbocycles. The highest BCUT2D eigenvalue weighted by Crippen LogP contribution is 2.26. The Kier molecular flexibility index (Phi) is 5.78. The first-order chi connectivity index (χ1) is 13.7. The van der Waals surface area contributed by atoms with Crippen LogP contribution in [0.5, 0.6) is 6.01 Å². The number of aryl methyl sites for hydroxylation is 1. The predicted molar refractivity (Wildman–Crippen MR) is 107 cm³/mol. The summed E-state index contributed by atoms with van der Waals surface area (Å²) in [5.41, 5.74) is 2.60. The van der Waals surface area contributed by atoms with Crippen molar-refractivity contribution in [3.05, 3.63) is 46.7 Å². The topological polar surface area (TPSA) is 96.3 Å². The summed E-state index contributed by atoms with van der Waals surface area (Å²) >= 11 is 1.50. The van der Waals surface area contributed by atoms with Gasteiger partial charge in [0.25, 0.3) is 0 Å². The van der Waals surface area contributed by atoms with Gasteiger partial charge in [-0.3, -0.25) is 0 Å². The van der Waals surface area contributed by atoms with E-state index in [9.17, 15) is 0 Å². The van der Waals surface area contributed by atoms with E-state index < -0.39 is 0 Å². The number of thiazole rings is 1. The fourth-order valence-electron chi connectivity index (χ4n) is 3.21. The van der Waals surface area contributed by atoms with Crippen LogP contribution in [-0.2, 0) is 6.61 Å². The number of aromatic amines is 1. The van der Waals surface area contributed by atoms with Gasteiger partial charge in [-0.2, -0.15) is 4.98 Å². The Hall–Kier alpha value is -2.58. The summed E-state index contributed by atoms with van der Waals surface area (Å²) in [4.78, 5) is 22.6. The van der Waals surface area contributed by atoms with Crippen LogP contribution in [0.25, 0.3) is 10.6 Å². The summed E-state index contributed by atoms with van der Waals surface area (Å²) in [7, 11) is 0. The molecular weight excluding hydrogens is 374 g/mol. The molecule has 0 amide bonds. The summed E-state index contributed by atoms with van der Waals surface area (Å²) in [6.45, 7) is 1.96. The number of hydrogen-bond donors (Lipinski definition) is 2. The van der Waals surface area contributed by atoms with Crippen molar-refractivity contribution < 1.29 is 9.84 Å². The van der Waals surface area contributed by atoms with E-state index in [2.05, 4.69) is 24.9 Å². The van der Waals surface area contributed by atoms with Gasteiger partial charge in [0.15, 0.2) is 10.6 Å². The van der Waals surface area contributed by atoms with E-state index in [-0.39, 0.29) is 12.7 Å². The lowest BCUT2D eigenvalue weighted by atomic mass is 9.98. The Balaban J connectivity index is 1.56. The van der Waals surface area contributed by atoms with Gasteiger partial charge in [-0.15, -0.1) is 0 Å². The SMILES string of the molecule is Cc1cnc(OC2CCCCC2)nc1-c1c[nH]/c(=N/c2ccc(CO)cn2)s1. The minimum Gasteiger partial charge on any atom is -0.460 e. The van der Waals surface area contributed by atoms with Crippen LogP contribution in [0, 0.1) is 6.92 Å². The van der Waals surface area contributed by atoms with Gasteiger partial charge < -0.3 is 14.8 Å². The number of aromatic nitrogens is 4. The number of pyridine rings is 1. The molecule has 0 radical (unpaired) electrons. The molecule has 146 valence electrons. The summed E-state index contributed by atoms with van der Waals surface area (Å²) in [6, 6.07) is 4.04. The first-order valence-electron chi connectivity index (χ1n) is 9.51. The van der Waals surface area contributed by atoms with Gasteiger partial charge in [0.1, 0.15) is 6.10 Å². The molecule has 7 nitrogen and oxygen atoms in total. The van der Waals surface area contributed by atoms with Crippen LogP contribution in [0.15, 0.2) is 35.7 Å². The molecule has 0 aromatic carbocycles. The van der Waals surface area contributed by atoms with Gasteiger partial charge in [0, 0.05) is 18.6 Å². The van der Waals surface area contributed by atoms with E-state index in [1.807, 2.05) is 25.4 Å². The van der Waals surface area contributed by atoms with Crippen molar-refractivity contribution in [2.24, 2.45) is 4.99 Å². The number of hydrogen-bond acceptors (Lipinski definition) is 7. The van der Waals surface area contributed by atoms with Crippen LogP contribution in [-0.4, -0.2) is 31.1 Å². The molecule has 28 heavy (non-hydrogen) atoms. The summed E-state index contributed by atoms with van der Waals surface area (Å²) in [5.74, 6) is 0.586. The Morgan fingerprint density at radius 2 is 2.07 bits per heavy atom. The molecule has 2 N–H and O–H groups in total. The molecule has 3 aromatic heterocycles. The maximum absolute atomic E-state index is 9.10. The van der Waals surface area contributed by atoms with Crippen LogP contribution < -0.4 is 9.54 Å². The molecule has 0 aliphatic heterocycles. The molecule has 1 saturated carbocycles.